The molecule has 30 heavy (non-hydrogen) atoms. The van der Waals surface area contributed by atoms with Gasteiger partial charge < -0.3 is 20.7 Å². The molecule has 0 aliphatic heterocycles. The standard InChI is InChI=1S/C22H33N7O/c1-15(13-30-2)27-18-5-7-19(8-6-18)28-21-10-20(24-14-25-21)17-9-22(29-26-12-17)23-11-16-3-4-16/h9-10,12,14-16,18-19,27H,3-8,11,13H2,1-2H3,(H,23,29)(H,24,25,28). The molecule has 8 heteroatoms. The van der Waals surface area contributed by atoms with E-state index in [-0.39, 0.29) is 0 Å². The Labute approximate surface area is 178 Å². The summed E-state index contributed by atoms with van der Waals surface area (Å²) in [6.07, 6.45) is 10.6. The predicted molar refractivity (Wildman–Crippen MR) is 118 cm³/mol. The second kappa shape index (κ2) is 10.1. The van der Waals surface area contributed by atoms with E-state index in [4.69, 9.17) is 4.74 Å². The Bertz CT molecular complexity index is 806. The number of methoxy groups -OCH3 is 1. The largest absolute Gasteiger partial charge is 0.383 e. The van der Waals surface area contributed by atoms with E-state index in [1.165, 1.54) is 12.8 Å². The molecule has 3 N–H and O–H groups in total. The Balaban J connectivity index is 1.31. The van der Waals surface area contributed by atoms with Gasteiger partial charge in [-0.25, -0.2) is 9.97 Å². The molecule has 2 aliphatic carbocycles. The number of nitrogens with zero attached hydrogens (tertiary/aromatic N) is 4. The highest BCUT2D eigenvalue weighted by molar-refractivity contribution is 5.64. The monoisotopic (exact) mass is 411 g/mol. The molecule has 0 aromatic carbocycles. The predicted octanol–water partition coefficient (Wildman–Crippen LogP) is 3.10. The molecule has 0 saturated heterocycles. The maximum atomic E-state index is 5.23. The molecule has 2 aliphatic rings. The minimum Gasteiger partial charge on any atom is -0.383 e. The van der Waals surface area contributed by atoms with Crippen LogP contribution in [0.1, 0.15) is 45.4 Å². The fourth-order valence-electron chi connectivity index (χ4n) is 4.07. The number of hydrogen-bond acceptors (Lipinski definition) is 8. The summed E-state index contributed by atoms with van der Waals surface area (Å²) in [6, 6.07) is 5.42. The van der Waals surface area contributed by atoms with Crippen molar-refractivity contribution in [3.05, 3.63) is 24.7 Å². The molecule has 1 unspecified atom stereocenters. The topological polar surface area (TPSA) is 96.9 Å². The van der Waals surface area contributed by atoms with Gasteiger partial charge in [0.15, 0.2) is 0 Å². The zero-order valence-electron chi connectivity index (χ0n) is 18.0. The third-order valence-electron chi connectivity index (χ3n) is 5.90. The van der Waals surface area contributed by atoms with Crippen molar-refractivity contribution in [1.82, 2.24) is 25.5 Å². The van der Waals surface area contributed by atoms with Crippen molar-refractivity contribution in [1.29, 1.82) is 0 Å². The van der Waals surface area contributed by atoms with Crippen LogP contribution >= 0.6 is 0 Å². The van der Waals surface area contributed by atoms with Gasteiger partial charge in [-0.05, 0) is 57.4 Å². The number of aromatic nitrogens is 4. The first-order chi connectivity index (χ1) is 14.7. The molecule has 8 nitrogen and oxygen atoms in total. The molecule has 2 heterocycles. The summed E-state index contributed by atoms with van der Waals surface area (Å²) >= 11 is 0. The van der Waals surface area contributed by atoms with Crippen molar-refractivity contribution in [2.24, 2.45) is 5.92 Å². The van der Waals surface area contributed by atoms with E-state index in [9.17, 15) is 0 Å². The lowest BCUT2D eigenvalue weighted by Gasteiger charge is -2.31. The van der Waals surface area contributed by atoms with Crippen LogP contribution < -0.4 is 16.0 Å². The Morgan fingerprint density at radius 2 is 1.83 bits per heavy atom. The van der Waals surface area contributed by atoms with Gasteiger partial charge in [0.1, 0.15) is 18.0 Å². The third-order valence-corrected chi connectivity index (χ3v) is 5.90. The molecular weight excluding hydrogens is 378 g/mol. The van der Waals surface area contributed by atoms with Crippen molar-refractivity contribution >= 4 is 11.6 Å². The van der Waals surface area contributed by atoms with E-state index in [1.54, 1.807) is 19.6 Å². The average Bonchev–Trinajstić information content (AvgIpc) is 3.59. The number of nitrogens with one attached hydrogen (secondary N) is 3. The fourth-order valence-corrected chi connectivity index (χ4v) is 4.07. The summed E-state index contributed by atoms with van der Waals surface area (Å²) in [6.45, 7) is 3.90. The Morgan fingerprint density at radius 3 is 2.60 bits per heavy atom. The number of ether oxygens (including phenoxy) is 1. The van der Waals surface area contributed by atoms with Crippen LogP contribution in [0.15, 0.2) is 24.7 Å². The van der Waals surface area contributed by atoms with Crippen molar-refractivity contribution in [3.8, 4) is 11.3 Å². The van der Waals surface area contributed by atoms with Gasteiger partial charge in [0.25, 0.3) is 0 Å². The smallest absolute Gasteiger partial charge is 0.149 e. The van der Waals surface area contributed by atoms with Crippen LogP contribution in [0, 0.1) is 5.92 Å². The zero-order valence-corrected chi connectivity index (χ0v) is 18.0. The van der Waals surface area contributed by atoms with Crippen LogP contribution in [0.5, 0.6) is 0 Å². The quantitative estimate of drug-likeness (QED) is 0.549. The van der Waals surface area contributed by atoms with Gasteiger partial charge >= 0.3 is 0 Å². The molecule has 1 atom stereocenters. The van der Waals surface area contributed by atoms with E-state index in [2.05, 4.69) is 43.0 Å². The lowest BCUT2D eigenvalue weighted by atomic mass is 9.90. The van der Waals surface area contributed by atoms with E-state index in [1.807, 2.05) is 12.1 Å². The van der Waals surface area contributed by atoms with Crippen LogP contribution in [0.4, 0.5) is 11.6 Å². The summed E-state index contributed by atoms with van der Waals surface area (Å²) in [4.78, 5) is 8.88. The Hall–Kier alpha value is -2.32. The maximum Gasteiger partial charge on any atom is 0.149 e. The molecule has 0 bridgehead atoms. The van der Waals surface area contributed by atoms with E-state index >= 15 is 0 Å². The maximum absolute atomic E-state index is 5.23. The minimum absolute atomic E-state index is 0.395. The van der Waals surface area contributed by atoms with Crippen molar-refractivity contribution in [3.63, 3.8) is 0 Å². The highest BCUT2D eigenvalue weighted by Gasteiger charge is 2.23. The van der Waals surface area contributed by atoms with E-state index in [0.717, 1.165) is 67.6 Å². The fraction of sp³-hybridized carbons (Fsp3) is 0.636. The van der Waals surface area contributed by atoms with Gasteiger partial charge in [0, 0.05) is 43.4 Å². The average molecular weight is 412 g/mol. The van der Waals surface area contributed by atoms with Crippen LogP contribution in [-0.2, 0) is 4.74 Å². The van der Waals surface area contributed by atoms with Crippen LogP contribution in [-0.4, -0.2) is 58.6 Å². The third kappa shape index (κ3) is 6.09. The zero-order chi connectivity index (χ0) is 20.8. The SMILES string of the molecule is COCC(C)NC1CCC(Nc2cc(-c3cnnc(NCC4CC4)c3)ncn2)CC1. The number of rotatable bonds is 10. The van der Waals surface area contributed by atoms with Crippen LogP contribution in [0.25, 0.3) is 11.3 Å². The van der Waals surface area contributed by atoms with Gasteiger partial charge in [-0.2, -0.15) is 5.10 Å². The van der Waals surface area contributed by atoms with Crippen molar-refractivity contribution < 1.29 is 4.74 Å². The number of anilines is 2. The first kappa shape index (κ1) is 20.9. The molecule has 0 spiro atoms. The van der Waals surface area contributed by atoms with E-state index in [0.29, 0.717) is 18.1 Å². The number of hydrogen-bond donors (Lipinski definition) is 3. The Morgan fingerprint density at radius 1 is 1.03 bits per heavy atom. The molecular formula is C22H33N7O. The Kier molecular flexibility index (Phi) is 7.07. The summed E-state index contributed by atoms with van der Waals surface area (Å²) in [5.41, 5.74) is 1.81. The molecule has 162 valence electrons. The van der Waals surface area contributed by atoms with Gasteiger partial charge in [0.2, 0.25) is 0 Å². The van der Waals surface area contributed by atoms with Gasteiger partial charge in [0.05, 0.1) is 18.5 Å². The first-order valence-electron chi connectivity index (χ1n) is 11.1. The molecule has 2 fully saturated rings. The van der Waals surface area contributed by atoms with Gasteiger partial charge in [-0.15, -0.1) is 5.10 Å². The van der Waals surface area contributed by atoms with E-state index < -0.39 is 0 Å². The first-order valence-corrected chi connectivity index (χ1v) is 11.1. The summed E-state index contributed by atoms with van der Waals surface area (Å²) in [5.74, 6) is 2.47. The molecule has 0 amide bonds. The summed E-state index contributed by atoms with van der Waals surface area (Å²) in [7, 11) is 1.75. The molecule has 2 aromatic heterocycles. The second-order valence-electron chi connectivity index (χ2n) is 8.66. The van der Waals surface area contributed by atoms with Gasteiger partial charge in [-0.3, -0.25) is 0 Å². The normalized spacial score (nSPS) is 22.5. The molecule has 4 rings (SSSR count). The molecule has 2 aromatic rings. The lowest BCUT2D eigenvalue weighted by Crippen LogP contribution is -2.42. The molecule has 2 saturated carbocycles. The summed E-state index contributed by atoms with van der Waals surface area (Å²) in [5, 5.41) is 19.0. The minimum atomic E-state index is 0.395. The van der Waals surface area contributed by atoms with Crippen molar-refractivity contribution in [2.45, 2.75) is 63.6 Å². The second-order valence-corrected chi connectivity index (χ2v) is 8.66. The van der Waals surface area contributed by atoms with Crippen molar-refractivity contribution in [2.75, 3.05) is 30.9 Å². The lowest BCUT2D eigenvalue weighted by molar-refractivity contribution is 0.161. The summed E-state index contributed by atoms with van der Waals surface area (Å²) < 4.78 is 5.23. The van der Waals surface area contributed by atoms with Crippen LogP contribution in [0.2, 0.25) is 0 Å². The van der Waals surface area contributed by atoms with Gasteiger partial charge in [-0.1, -0.05) is 0 Å². The highest BCUT2D eigenvalue weighted by atomic mass is 16.5. The highest BCUT2D eigenvalue weighted by Crippen LogP contribution is 2.29. The van der Waals surface area contributed by atoms with Crippen LogP contribution in [0.3, 0.4) is 0 Å². The molecule has 0 radical (unpaired) electrons.